The molecule has 1 aliphatic rings. The SMILES string of the molecule is CCN1CCN(C)CCN(CC(=O)O)CCN(C)CC1. The fraction of sp³-hybridized carbons (Fsp3) is 0.929. The molecule has 0 aromatic heterocycles. The molecule has 1 saturated heterocycles. The molecule has 0 amide bonds. The summed E-state index contributed by atoms with van der Waals surface area (Å²) in [5.41, 5.74) is 0. The number of hydrogen-bond acceptors (Lipinski definition) is 5. The molecule has 0 unspecified atom stereocenters. The van der Waals surface area contributed by atoms with Crippen LogP contribution < -0.4 is 0 Å². The number of rotatable bonds is 3. The van der Waals surface area contributed by atoms with Gasteiger partial charge in [-0.3, -0.25) is 9.69 Å². The lowest BCUT2D eigenvalue weighted by Crippen LogP contribution is -2.45. The Labute approximate surface area is 122 Å². The van der Waals surface area contributed by atoms with Crippen molar-refractivity contribution in [2.45, 2.75) is 6.92 Å². The number of carboxylic acids is 1. The van der Waals surface area contributed by atoms with Gasteiger partial charge < -0.3 is 19.8 Å². The average Bonchev–Trinajstić information content (AvgIpc) is 2.40. The highest BCUT2D eigenvalue weighted by atomic mass is 16.4. The molecule has 20 heavy (non-hydrogen) atoms. The van der Waals surface area contributed by atoms with Crippen LogP contribution in [-0.2, 0) is 4.79 Å². The zero-order valence-corrected chi connectivity index (χ0v) is 13.2. The van der Waals surface area contributed by atoms with Crippen molar-refractivity contribution < 1.29 is 9.90 Å². The summed E-state index contributed by atoms with van der Waals surface area (Å²) >= 11 is 0. The number of carboxylic acid groups (broad SMARTS) is 1. The summed E-state index contributed by atoms with van der Waals surface area (Å²) in [4.78, 5) is 20.0. The van der Waals surface area contributed by atoms with E-state index in [0.29, 0.717) is 0 Å². The Morgan fingerprint density at radius 1 is 0.850 bits per heavy atom. The zero-order chi connectivity index (χ0) is 15.0. The van der Waals surface area contributed by atoms with Gasteiger partial charge in [-0.25, -0.2) is 0 Å². The van der Waals surface area contributed by atoms with Crippen molar-refractivity contribution in [1.29, 1.82) is 0 Å². The fourth-order valence-corrected chi connectivity index (χ4v) is 2.36. The van der Waals surface area contributed by atoms with Crippen LogP contribution in [0.5, 0.6) is 0 Å². The molecular weight excluding hydrogens is 256 g/mol. The lowest BCUT2D eigenvalue weighted by atomic mass is 10.3. The first-order chi connectivity index (χ1) is 9.51. The second kappa shape index (κ2) is 9.28. The summed E-state index contributed by atoms with van der Waals surface area (Å²) < 4.78 is 0. The molecule has 1 rings (SSSR count). The predicted molar refractivity (Wildman–Crippen MR) is 81.2 cm³/mol. The molecule has 6 nitrogen and oxygen atoms in total. The molecule has 1 aliphatic heterocycles. The van der Waals surface area contributed by atoms with Crippen molar-refractivity contribution in [3.63, 3.8) is 0 Å². The van der Waals surface area contributed by atoms with E-state index in [1.54, 1.807) is 0 Å². The van der Waals surface area contributed by atoms with E-state index in [0.717, 1.165) is 58.9 Å². The van der Waals surface area contributed by atoms with Crippen LogP contribution in [-0.4, -0.2) is 110 Å². The molecule has 6 heteroatoms. The standard InChI is InChI=1S/C14H30N4O2/c1-4-17-9-5-15(2)7-11-18(13-14(19)20)12-8-16(3)6-10-17/h4-13H2,1-3H3,(H,19,20). The number of hydrogen-bond donors (Lipinski definition) is 1. The zero-order valence-electron chi connectivity index (χ0n) is 13.2. The molecule has 118 valence electrons. The van der Waals surface area contributed by atoms with Crippen LogP contribution in [0.3, 0.4) is 0 Å². The van der Waals surface area contributed by atoms with Crippen LogP contribution in [0.15, 0.2) is 0 Å². The molecule has 1 N–H and O–H groups in total. The first-order valence-corrected chi connectivity index (χ1v) is 7.55. The van der Waals surface area contributed by atoms with Crippen LogP contribution in [0.25, 0.3) is 0 Å². The van der Waals surface area contributed by atoms with E-state index in [1.807, 2.05) is 4.90 Å². The number of nitrogens with zero attached hydrogens (tertiary/aromatic N) is 4. The largest absolute Gasteiger partial charge is 0.480 e. The molecule has 0 bridgehead atoms. The summed E-state index contributed by atoms with van der Waals surface area (Å²) in [5, 5.41) is 8.98. The van der Waals surface area contributed by atoms with Gasteiger partial charge in [0.1, 0.15) is 0 Å². The summed E-state index contributed by atoms with van der Waals surface area (Å²) in [6.45, 7) is 11.2. The van der Waals surface area contributed by atoms with Gasteiger partial charge in [0.05, 0.1) is 6.54 Å². The van der Waals surface area contributed by atoms with Crippen molar-refractivity contribution >= 4 is 5.97 Å². The van der Waals surface area contributed by atoms with E-state index < -0.39 is 5.97 Å². The number of likely N-dealkylation sites (N-methyl/N-ethyl adjacent to an activating group) is 3. The maximum absolute atomic E-state index is 10.9. The smallest absolute Gasteiger partial charge is 0.317 e. The Morgan fingerprint density at radius 3 is 1.60 bits per heavy atom. The third kappa shape index (κ3) is 7.19. The van der Waals surface area contributed by atoms with E-state index in [2.05, 4.69) is 35.7 Å². The Balaban J connectivity index is 2.54. The third-order valence-corrected chi connectivity index (χ3v) is 4.00. The van der Waals surface area contributed by atoms with Crippen molar-refractivity contribution in [1.82, 2.24) is 19.6 Å². The Hall–Kier alpha value is -0.690. The second-order valence-electron chi connectivity index (χ2n) is 5.71. The highest BCUT2D eigenvalue weighted by molar-refractivity contribution is 5.69. The van der Waals surface area contributed by atoms with E-state index >= 15 is 0 Å². The van der Waals surface area contributed by atoms with E-state index in [-0.39, 0.29) is 6.54 Å². The van der Waals surface area contributed by atoms with Crippen LogP contribution >= 0.6 is 0 Å². The van der Waals surface area contributed by atoms with E-state index in [4.69, 9.17) is 5.11 Å². The van der Waals surface area contributed by atoms with E-state index in [9.17, 15) is 4.79 Å². The van der Waals surface area contributed by atoms with Crippen LogP contribution in [0.1, 0.15) is 6.92 Å². The summed E-state index contributed by atoms with van der Waals surface area (Å²) in [5.74, 6) is -0.737. The monoisotopic (exact) mass is 286 g/mol. The molecule has 0 atom stereocenters. The predicted octanol–water partition coefficient (Wildman–Crippen LogP) is -0.428. The Morgan fingerprint density at radius 2 is 1.25 bits per heavy atom. The first kappa shape index (κ1) is 17.4. The van der Waals surface area contributed by atoms with Crippen molar-refractivity contribution in [3.8, 4) is 0 Å². The average molecular weight is 286 g/mol. The van der Waals surface area contributed by atoms with Gasteiger partial charge in [0.2, 0.25) is 0 Å². The third-order valence-electron chi connectivity index (χ3n) is 4.00. The molecule has 0 saturated carbocycles. The van der Waals surface area contributed by atoms with Crippen LogP contribution in [0.4, 0.5) is 0 Å². The second-order valence-corrected chi connectivity index (χ2v) is 5.71. The normalized spacial score (nSPS) is 23.1. The maximum atomic E-state index is 10.9. The highest BCUT2D eigenvalue weighted by Gasteiger charge is 2.14. The quantitative estimate of drug-likeness (QED) is 0.760. The molecular formula is C14H30N4O2. The van der Waals surface area contributed by atoms with Gasteiger partial charge in [-0.1, -0.05) is 6.92 Å². The van der Waals surface area contributed by atoms with Gasteiger partial charge in [-0.15, -0.1) is 0 Å². The molecule has 0 aromatic rings. The lowest BCUT2D eigenvalue weighted by Gasteiger charge is -2.31. The molecule has 0 aliphatic carbocycles. The Bertz CT molecular complexity index is 270. The topological polar surface area (TPSA) is 50.3 Å². The van der Waals surface area contributed by atoms with Gasteiger partial charge in [-0.2, -0.15) is 0 Å². The molecule has 0 aromatic carbocycles. The molecule has 1 heterocycles. The van der Waals surface area contributed by atoms with Crippen molar-refractivity contribution in [3.05, 3.63) is 0 Å². The van der Waals surface area contributed by atoms with Gasteiger partial charge in [-0.05, 0) is 20.6 Å². The maximum Gasteiger partial charge on any atom is 0.317 e. The minimum Gasteiger partial charge on any atom is -0.480 e. The molecule has 0 spiro atoms. The number of carbonyl (C=O) groups is 1. The van der Waals surface area contributed by atoms with Gasteiger partial charge in [0, 0.05) is 52.4 Å². The van der Waals surface area contributed by atoms with Gasteiger partial charge in [0.15, 0.2) is 0 Å². The first-order valence-electron chi connectivity index (χ1n) is 7.55. The minimum atomic E-state index is -0.737. The van der Waals surface area contributed by atoms with Crippen molar-refractivity contribution in [2.75, 3.05) is 79.5 Å². The van der Waals surface area contributed by atoms with Crippen LogP contribution in [0.2, 0.25) is 0 Å². The Kier molecular flexibility index (Phi) is 8.06. The molecule has 1 fully saturated rings. The fourth-order valence-electron chi connectivity index (χ4n) is 2.36. The summed E-state index contributed by atoms with van der Waals surface area (Å²) in [6.07, 6.45) is 0. The summed E-state index contributed by atoms with van der Waals surface area (Å²) in [6, 6.07) is 0. The van der Waals surface area contributed by atoms with E-state index in [1.165, 1.54) is 0 Å². The van der Waals surface area contributed by atoms with Gasteiger partial charge in [0.25, 0.3) is 0 Å². The molecule has 0 radical (unpaired) electrons. The van der Waals surface area contributed by atoms with Gasteiger partial charge >= 0.3 is 5.97 Å². The lowest BCUT2D eigenvalue weighted by molar-refractivity contribution is -0.138. The minimum absolute atomic E-state index is 0.142. The van der Waals surface area contributed by atoms with Crippen LogP contribution in [0, 0.1) is 0 Å². The van der Waals surface area contributed by atoms with Crippen molar-refractivity contribution in [2.24, 2.45) is 0 Å². The highest BCUT2D eigenvalue weighted by Crippen LogP contribution is 1.97. The number of aliphatic carboxylic acids is 1. The summed E-state index contributed by atoms with van der Waals surface area (Å²) in [7, 11) is 4.23.